The summed E-state index contributed by atoms with van der Waals surface area (Å²) in [5.41, 5.74) is 3.26. The molecule has 0 radical (unpaired) electrons. The van der Waals surface area contributed by atoms with Crippen molar-refractivity contribution in [1.29, 1.82) is 5.26 Å². The molecule has 0 saturated carbocycles. The van der Waals surface area contributed by atoms with Crippen molar-refractivity contribution in [1.82, 2.24) is 15.0 Å². The van der Waals surface area contributed by atoms with Crippen LogP contribution in [0.15, 0.2) is 29.6 Å². The zero-order valence-corrected chi connectivity index (χ0v) is 14.2. The second-order valence-corrected chi connectivity index (χ2v) is 5.92. The number of rotatable bonds is 6. The topological polar surface area (TPSA) is 79.5 Å². The summed E-state index contributed by atoms with van der Waals surface area (Å²) in [6.45, 7) is 3.85. The van der Waals surface area contributed by atoms with Crippen molar-refractivity contribution in [2.24, 2.45) is 0 Å². The molecule has 5 nitrogen and oxygen atoms in total. The lowest BCUT2D eigenvalue weighted by molar-refractivity contribution is -0.119. The van der Waals surface area contributed by atoms with Crippen molar-refractivity contribution in [3.63, 3.8) is 0 Å². The number of aromatic nitrogens is 3. The van der Waals surface area contributed by atoms with E-state index in [1.807, 2.05) is 20.1 Å². The van der Waals surface area contributed by atoms with E-state index in [0.717, 1.165) is 22.1 Å². The molecule has 2 heterocycles. The van der Waals surface area contributed by atoms with Gasteiger partial charge >= 0.3 is 0 Å². The van der Waals surface area contributed by atoms with Crippen molar-refractivity contribution >= 4 is 17.5 Å². The van der Waals surface area contributed by atoms with Crippen LogP contribution in [0.5, 0.6) is 0 Å². The van der Waals surface area contributed by atoms with Gasteiger partial charge in [0, 0.05) is 24.0 Å². The molecule has 2 aromatic rings. The van der Waals surface area contributed by atoms with E-state index in [1.165, 1.54) is 11.8 Å². The summed E-state index contributed by atoms with van der Waals surface area (Å²) in [7, 11) is 0. The maximum atomic E-state index is 12.4. The van der Waals surface area contributed by atoms with Crippen LogP contribution in [0.2, 0.25) is 0 Å². The first-order valence-corrected chi connectivity index (χ1v) is 8.50. The van der Waals surface area contributed by atoms with Crippen LogP contribution in [-0.2, 0) is 11.2 Å². The Kier molecular flexibility index (Phi) is 5.83. The maximum Gasteiger partial charge on any atom is 0.187 e. The van der Waals surface area contributed by atoms with Crippen molar-refractivity contribution in [2.45, 2.75) is 37.8 Å². The Morgan fingerprint density at radius 3 is 2.52 bits per heavy atom. The Hall–Kier alpha value is -2.26. The molecule has 0 spiro atoms. The molecule has 6 heteroatoms. The van der Waals surface area contributed by atoms with Gasteiger partial charge in [-0.2, -0.15) is 5.26 Å². The minimum absolute atomic E-state index is 0.126. The number of carbonyl (C=O) groups is 1. The summed E-state index contributed by atoms with van der Waals surface area (Å²) >= 11 is 1.50. The van der Waals surface area contributed by atoms with Gasteiger partial charge in [0.15, 0.2) is 10.9 Å². The molecule has 23 heavy (non-hydrogen) atoms. The van der Waals surface area contributed by atoms with Gasteiger partial charge in [-0.25, -0.2) is 9.97 Å². The normalized spacial score (nSPS) is 11.7. The van der Waals surface area contributed by atoms with E-state index >= 15 is 0 Å². The molecule has 0 saturated heterocycles. The molecule has 0 N–H and O–H groups in total. The smallest absolute Gasteiger partial charge is 0.187 e. The minimum Gasteiger partial charge on any atom is -0.298 e. The summed E-state index contributed by atoms with van der Waals surface area (Å²) < 4.78 is 0. The predicted molar refractivity (Wildman–Crippen MR) is 89.2 cm³/mol. The molecule has 0 bridgehead atoms. The van der Waals surface area contributed by atoms with E-state index in [4.69, 9.17) is 0 Å². The molecular weight excluding hydrogens is 308 g/mol. The van der Waals surface area contributed by atoms with E-state index in [2.05, 4.69) is 21.0 Å². The van der Waals surface area contributed by atoms with Gasteiger partial charge in [0.2, 0.25) is 0 Å². The number of nitrogens with zero attached hydrogens (tertiary/aromatic N) is 4. The number of pyridine rings is 1. The van der Waals surface area contributed by atoms with Crippen LogP contribution in [0, 0.1) is 25.2 Å². The fourth-order valence-electron chi connectivity index (χ4n) is 2.40. The second kappa shape index (κ2) is 7.84. The van der Waals surface area contributed by atoms with Crippen LogP contribution < -0.4 is 0 Å². The third kappa shape index (κ3) is 4.14. The van der Waals surface area contributed by atoms with Gasteiger partial charge in [0.05, 0.1) is 11.8 Å². The van der Waals surface area contributed by atoms with E-state index in [-0.39, 0.29) is 12.2 Å². The molecule has 1 atom stereocenters. The molecule has 0 unspecified atom stereocenters. The Labute approximate surface area is 140 Å². The molecule has 0 aliphatic carbocycles. The fourth-order valence-corrected chi connectivity index (χ4v) is 2.86. The van der Waals surface area contributed by atoms with Crippen molar-refractivity contribution in [3.05, 3.63) is 47.0 Å². The first-order chi connectivity index (χ1) is 11.1. The van der Waals surface area contributed by atoms with Crippen LogP contribution in [0.25, 0.3) is 0 Å². The number of hydrogen-bond acceptors (Lipinski definition) is 6. The number of aryl methyl sites for hydroxylation is 2. The van der Waals surface area contributed by atoms with Gasteiger partial charge in [-0.05, 0) is 44.2 Å². The standard InChI is InChI=1S/C17H18N4OS/c1-11-13(12(2)21-17(20-11)23-3)7-8-16(22)14(10-18)15-6-4-5-9-19-15/h4-6,9,14H,7-8H2,1-3H3/t14-/m1/s1. The lowest BCUT2D eigenvalue weighted by Crippen LogP contribution is -2.14. The van der Waals surface area contributed by atoms with E-state index < -0.39 is 5.92 Å². The molecule has 0 aliphatic heterocycles. The first-order valence-electron chi connectivity index (χ1n) is 7.28. The Morgan fingerprint density at radius 1 is 1.30 bits per heavy atom. The van der Waals surface area contributed by atoms with Gasteiger partial charge in [-0.3, -0.25) is 9.78 Å². The number of hydrogen-bond donors (Lipinski definition) is 0. The number of nitriles is 1. The number of ketones is 1. The molecule has 0 fully saturated rings. The summed E-state index contributed by atoms with van der Waals surface area (Å²) in [6.07, 6.45) is 4.34. The number of carbonyl (C=O) groups excluding carboxylic acids is 1. The third-order valence-electron chi connectivity index (χ3n) is 3.64. The average molecular weight is 326 g/mol. The number of thioether (sulfide) groups is 1. The zero-order valence-electron chi connectivity index (χ0n) is 13.4. The lowest BCUT2D eigenvalue weighted by Gasteiger charge is -2.11. The SMILES string of the molecule is CSc1nc(C)c(CCC(=O)[C@H](C#N)c2ccccn2)c(C)n1. The van der Waals surface area contributed by atoms with Crippen LogP contribution >= 0.6 is 11.8 Å². The second-order valence-electron chi connectivity index (χ2n) is 5.14. The largest absolute Gasteiger partial charge is 0.298 e. The predicted octanol–water partition coefficient (Wildman–Crippen LogP) is 3.02. The summed E-state index contributed by atoms with van der Waals surface area (Å²) in [5, 5.41) is 10.0. The van der Waals surface area contributed by atoms with Gasteiger partial charge in [-0.15, -0.1) is 0 Å². The molecule has 2 aromatic heterocycles. The summed E-state index contributed by atoms with van der Waals surface area (Å²) in [4.78, 5) is 25.3. The van der Waals surface area contributed by atoms with Crippen molar-refractivity contribution in [2.75, 3.05) is 6.26 Å². The first kappa shape index (κ1) is 17.1. The quantitative estimate of drug-likeness (QED) is 0.599. The van der Waals surface area contributed by atoms with Crippen LogP contribution in [0.4, 0.5) is 0 Å². The fraction of sp³-hybridized carbons (Fsp3) is 0.353. The van der Waals surface area contributed by atoms with E-state index in [9.17, 15) is 10.1 Å². The molecular formula is C17H18N4OS. The molecule has 0 aromatic carbocycles. The highest BCUT2D eigenvalue weighted by Crippen LogP contribution is 2.20. The highest BCUT2D eigenvalue weighted by atomic mass is 32.2. The monoisotopic (exact) mass is 326 g/mol. The summed E-state index contributed by atoms with van der Waals surface area (Å²) in [5.74, 6) is -0.942. The van der Waals surface area contributed by atoms with Gasteiger partial charge in [-0.1, -0.05) is 17.8 Å². The van der Waals surface area contributed by atoms with Crippen LogP contribution in [0.3, 0.4) is 0 Å². The molecule has 0 amide bonds. The van der Waals surface area contributed by atoms with Crippen LogP contribution in [0.1, 0.15) is 35.0 Å². The van der Waals surface area contributed by atoms with Crippen LogP contribution in [-0.4, -0.2) is 27.0 Å². The van der Waals surface area contributed by atoms with E-state index in [1.54, 1.807) is 24.4 Å². The van der Waals surface area contributed by atoms with Gasteiger partial charge in [0.25, 0.3) is 0 Å². The third-order valence-corrected chi connectivity index (χ3v) is 4.19. The minimum atomic E-state index is -0.816. The maximum absolute atomic E-state index is 12.4. The Balaban J connectivity index is 2.12. The summed E-state index contributed by atoms with van der Waals surface area (Å²) in [6, 6.07) is 7.31. The van der Waals surface area contributed by atoms with Crippen molar-refractivity contribution < 1.29 is 4.79 Å². The molecule has 118 valence electrons. The average Bonchev–Trinajstić information content (AvgIpc) is 2.55. The number of Topliss-reactive ketones (excluding diaryl/α,β-unsaturated/α-hetero) is 1. The highest BCUT2D eigenvalue weighted by molar-refractivity contribution is 7.98. The zero-order chi connectivity index (χ0) is 16.8. The lowest BCUT2D eigenvalue weighted by atomic mass is 9.95. The highest BCUT2D eigenvalue weighted by Gasteiger charge is 2.21. The molecule has 2 rings (SSSR count). The van der Waals surface area contributed by atoms with Gasteiger partial charge < -0.3 is 0 Å². The van der Waals surface area contributed by atoms with Gasteiger partial charge in [0.1, 0.15) is 5.92 Å². The van der Waals surface area contributed by atoms with Crippen molar-refractivity contribution in [3.8, 4) is 6.07 Å². The Bertz CT molecular complexity index is 717. The van der Waals surface area contributed by atoms with E-state index in [0.29, 0.717) is 12.1 Å². The molecule has 0 aliphatic rings. The Morgan fingerprint density at radius 2 is 2.00 bits per heavy atom.